The lowest BCUT2D eigenvalue weighted by Gasteiger charge is -2.10. The van der Waals surface area contributed by atoms with Crippen molar-refractivity contribution in [2.45, 2.75) is 26.3 Å². The van der Waals surface area contributed by atoms with E-state index in [1.165, 1.54) is 12.1 Å². The van der Waals surface area contributed by atoms with Crippen molar-refractivity contribution in [3.63, 3.8) is 0 Å². The molecule has 18 heavy (non-hydrogen) atoms. The number of nitrogens with one attached hydrogen (secondary N) is 1. The van der Waals surface area contributed by atoms with Gasteiger partial charge in [0.25, 0.3) is 5.91 Å². The van der Waals surface area contributed by atoms with Crippen LogP contribution < -0.4 is 5.32 Å². The number of amides is 1. The Balaban J connectivity index is 2.92. The number of terminal acetylenes is 1. The fourth-order valence-corrected chi connectivity index (χ4v) is 1.41. The zero-order valence-electron chi connectivity index (χ0n) is 10.2. The first-order valence-electron chi connectivity index (χ1n) is 5.47. The van der Waals surface area contributed by atoms with E-state index in [1.54, 1.807) is 6.92 Å². The molecular formula is C13H14N2O3. The van der Waals surface area contributed by atoms with Crippen LogP contribution in [0.1, 0.15) is 39.9 Å². The molecular weight excluding hydrogens is 232 g/mol. The van der Waals surface area contributed by atoms with Crippen LogP contribution in [0.15, 0.2) is 12.1 Å². The predicted molar refractivity (Wildman–Crippen MR) is 66.3 cm³/mol. The molecule has 0 aliphatic rings. The maximum Gasteiger partial charge on any atom is 0.337 e. The summed E-state index contributed by atoms with van der Waals surface area (Å²) < 4.78 is 0. The van der Waals surface area contributed by atoms with Crippen molar-refractivity contribution in [2.24, 2.45) is 0 Å². The van der Waals surface area contributed by atoms with Crippen LogP contribution in [0, 0.1) is 19.3 Å². The van der Waals surface area contributed by atoms with Gasteiger partial charge in [-0.05, 0) is 25.5 Å². The molecule has 0 aromatic carbocycles. The van der Waals surface area contributed by atoms with Gasteiger partial charge in [0.1, 0.15) is 5.69 Å². The molecule has 0 saturated heterocycles. The monoisotopic (exact) mass is 246 g/mol. The Morgan fingerprint density at radius 2 is 2.22 bits per heavy atom. The van der Waals surface area contributed by atoms with E-state index in [4.69, 9.17) is 11.5 Å². The standard InChI is InChI=1S/C13H14N2O3/c1-4-9(5-2)15-12(16)11-7-6-10(13(17)18)8(3)14-11/h1,6-7,9H,5H2,2-3H3,(H,15,16)(H,17,18). The van der Waals surface area contributed by atoms with E-state index in [2.05, 4.69) is 16.2 Å². The van der Waals surface area contributed by atoms with Gasteiger partial charge in [0, 0.05) is 0 Å². The Labute approximate surface area is 105 Å². The third kappa shape index (κ3) is 3.08. The van der Waals surface area contributed by atoms with Crippen molar-refractivity contribution in [2.75, 3.05) is 0 Å². The minimum Gasteiger partial charge on any atom is -0.478 e. The normalized spacial score (nSPS) is 11.4. The number of carboxylic acids is 1. The molecule has 5 heteroatoms. The van der Waals surface area contributed by atoms with E-state index < -0.39 is 11.9 Å². The molecule has 1 aromatic rings. The number of nitrogens with zero attached hydrogens (tertiary/aromatic N) is 1. The quantitative estimate of drug-likeness (QED) is 0.783. The van der Waals surface area contributed by atoms with Gasteiger partial charge in [0.15, 0.2) is 0 Å². The lowest BCUT2D eigenvalue weighted by molar-refractivity contribution is 0.0694. The van der Waals surface area contributed by atoms with Crippen LogP contribution in [0.2, 0.25) is 0 Å². The number of carbonyl (C=O) groups excluding carboxylic acids is 1. The van der Waals surface area contributed by atoms with Crippen LogP contribution in [-0.2, 0) is 0 Å². The number of carbonyl (C=O) groups is 2. The summed E-state index contributed by atoms with van der Waals surface area (Å²) >= 11 is 0. The van der Waals surface area contributed by atoms with E-state index in [0.29, 0.717) is 12.1 Å². The van der Waals surface area contributed by atoms with Gasteiger partial charge in [-0.3, -0.25) is 4.79 Å². The molecule has 2 N–H and O–H groups in total. The molecule has 0 saturated carbocycles. The van der Waals surface area contributed by atoms with Crippen LogP contribution in [-0.4, -0.2) is 28.0 Å². The molecule has 5 nitrogen and oxygen atoms in total. The second kappa shape index (κ2) is 5.82. The lowest BCUT2D eigenvalue weighted by Crippen LogP contribution is -2.33. The van der Waals surface area contributed by atoms with E-state index in [-0.39, 0.29) is 17.3 Å². The Hall–Kier alpha value is -2.35. The first kappa shape index (κ1) is 13.7. The van der Waals surface area contributed by atoms with Crippen LogP contribution >= 0.6 is 0 Å². The second-order valence-corrected chi connectivity index (χ2v) is 3.74. The average Bonchev–Trinajstić information content (AvgIpc) is 2.34. The Morgan fingerprint density at radius 1 is 1.56 bits per heavy atom. The molecule has 0 aliphatic heterocycles. The Morgan fingerprint density at radius 3 is 2.67 bits per heavy atom. The minimum atomic E-state index is -1.07. The van der Waals surface area contributed by atoms with Gasteiger partial charge in [-0.15, -0.1) is 6.42 Å². The highest BCUT2D eigenvalue weighted by Crippen LogP contribution is 2.07. The highest BCUT2D eigenvalue weighted by molar-refractivity contribution is 5.94. The Kier molecular flexibility index (Phi) is 4.44. The first-order chi connectivity index (χ1) is 8.49. The summed E-state index contributed by atoms with van der Waals surface area (Å²) in [4.78, 5) is 26.6. The van der Waals surface area contributed by atoms with Crippen LogP contribution in [0.25, 0.3) is 0 Å². The van der Waals surface area contributed by atoms with Crippen molar-refractivity contribution in [3.8, 4) is 12.3 Å². The van der Waals surface area contributed by atoms with Crippen molar-refractivity contribution in [1.82, 2.24) is 10.3 Å². The number of aromatic nitrogens is 1. The summed E-state index contributed by atoms with van der Waals surface area (Å²) in [7, 11) is 0. The van der Waals surface area contributed by atoms with Crippen LogP contribution in [0.3, 0.4) is 0 Å². The van der Waals surface area contributed by atoms with E-state index >= 15 is 0 Å². The molecule has 0 aliphatic carbocycles. The molecule has 0 spiro atoms. The summed E-state index contributed by atoms with van der Waals surface area (Å²) in [5.74, 6) is 0.972. The largest absolute Gasteiger partial charge is 0.478 e. The third-order valence-electron chi connectivity index (χ3n) is 2.46. The second-order valence-electron chi connectivity index (χ2n) is 3.74. The molecule has 1 atom stereocenters. The van der Waals surface area contributed by atoms with E-state index in [1.807, 2.05) is 6.92 Å². The van der Waals surface area contributed by atoms with Crippen molar-refractivity contribution in [3.05, 3.63) is 29.1 Å². The number of aryl methyl sites for hydroxylation is 1. The molecule has 1 rings (SSSR count). The predicted octanol–water partition coefficient (Wildman–Crippen LogP) is 1.23. The molecule has 1 aromatic heterocycles. The maximum absolute atomic E-state index is 11.8. The Bertz CT molecular complexity index is 517. The molecule has 1 heterocycles. The van der Waals surface area contributed by atoms with Crippen molar-refractivity contribution < 1.29 is 14.7 Å². The summed E-state index contributed by atoms with van der Waals surface area (Å²) in [6.45, 7) is 3.40. The average molecular weight is 246 g/mol. The fraction of sp³-hybridized carbons (Fsp3) is 0.308. The SMILES string of the molecule is C#CC(CC)NC(=O)c1ccc(C(=O)O)c(C)n1. The summed E-state index contributed by atoms with van der Waals surface area (Å²) in [5, 5.41) is 11.5. The minimum absolute atomic E-state index is 0.0792. The van der Waals surface area contributed by atoms with Gasteiger partial charge in [-0.2, -0.15) is 0 Å². The van der Waals surface area contributed by atoms with Gasteiger partial charge >= 0.3 is 5.97 Å². The van der Waals surface area contributed by atoms with Crippen molar-refractivity contribution in [1.29, 1.82) is 0 Å². The zero-order chi connectivity index (χ0) is 13.7. The van der Waals surface area contributed by atoms with Gasteiger partial charge in [-0.1, -0.05) is 12.8 Å². The van der Waals surface area contributed by atoms with Gasteiger partial charge in [0.05, 0.1) is 17.3 Å². The number of hydrogen-bond donors (Lipinski definition) is 2. The molecule has 94 valence electrons. The third-order valence-corrected chi connectivity index (χ3v) is 2.46. The van der Waals surface area contributed by atoms with Gasteiger partial charge < -0.3 is 10.4 Å². The fourth-order valence-electron chi connectivity index (χ4n) is 1.41. The number of carboxylic acid groups (broad SMARTS) is 1. The van der Waals surface area contributed by atoms with E-state index in [0.717, 1.165) is 0 Å². The highest BCUT2D eigenvalue weighted by atomic mass is 16.4. The maximum atomic E-state index is 11.8. The number of aromatic carboxylic acids is 1. The summed E-state index contributed by atoms with van der Waals surface area (Å²) in [6, 6.07) is 2.38. The number of rotatable bonds is 4. The number of pyridine rings is 1. The highest BCUT2D eigenvalue weighted by Gasteiger charge is 2.14. The molecule has 0 radical (unpaired) electrons. The number of hydrogen-bond acceptors (Lipinski definition) is 3. The first-order valence-corrected chi connectivity index (χ1v) is 5.47. The topological polar surface area (TPSA) is 79.3 Å². The van der Waals surface area contributed by atoms with Crippen molar-refractivity contribution >= 4 is 11.9 Å². The molecule has 0 fully saturated rings. The zero-order valence-corrected chi connectivity index (χ0v) is 10.2. The van der Waals surface area contributed by atoms with E-state index in [9.17, 15) is 9.59 Å². The smallest absolute Gasteiger partial charge is 0.337 e. The summed E-state index contributed by atoms with van der Waals surface area (Å²) in [5.41, 5.74) is 0.533. The van der Waals surface area contributed by atoms with Crippen LogP contribution in [0.5, 0.6) is 0 Å². The van der Waals surface area contributed by atoms with Crippen LogP contribution in [0.4, 0.5) is 0 Å². The lowest BCUT2D eigenvalue weighted by atomic mass is 10.1. The molecule has 1 unspecified atom stereocenters. The molecule has 0 bridgehead atoms. The van der Waals surface area contributed by atoms with Gasteiger partial charge in [-0.25, -0.2) is 9.78 Å². The summed E-state index contributed by atoms with van der Waals surface area (Å²) in [6.07, 6.45) is 5.86. The molecule has 1 amide bonds. The van der Waals surface area contributed by atoms with Gasteiger partial charge in [0.2, 0.25) is 0 Å².